The highest BCUT2D eigenvalue weighted by atomic mass is 19.1. The number of rotatable bonds is 8. The highest BCUT2D eigenvalue weighted by molar-refractivity contribution is 6.10. The summed E-state index contributed by atoms with van der Waals surface area (Å²) in [5.74, 6) is -2.10. The zero-order chi connectivity index (χ0) is 23.3. The van der Waals surface area contributed by atoms with Crippen molar-refractivity contribution >= 4 is 29.5 Å². The minimum absolute atomic E-state index is 0.319. The number of halogens is 1. The molecular formula is C23H24FN3O5. The zero-order valence-electron chi connectivity index (χ0n) is 17.8. The van der Waals surface area contributed by atoms with Gasteiger partial charge in [-0.05, 0) is 48.4 Å². The fraction of sp³-hybridized carbons (Fsp3) is 0.304. The molecule has 1 unspecified atom stereocenters. The molecule has 8 nitrogen and oxygen atoms in total. The lowest BCUT2D eigenvalue weighted by molar-refractivity contribution is -0.134. The largest absolute Gasteiger partial charge is 0.465 e. The second kappa shape index (κ2) is 9.59. The molecular weight excluding hydrogens is 417 g/mol. The number of nitrogens with one attached hydrogen (secondary N) is 2. The third kappa shape index (κ3) is 4.61. The van der Waals surface area contributed by atoms with Crippen molar-refractivity contribution < 1.29 is 28.3 Å². The standard InChI is InChI=1S/C23H24FN3O5/c1-3-4-13-23(16-7-9-17(24)10-8-16)21(30)27(22(31)26-23)14-19(28)25-18-11-5-15(6-12-18)20(29)32-2/h5-12H,3-4,13-14H2,1-2H3,(H,25,28)(H,26,31). The molecule has 32 heavy (non-hydrogen) atoms. The van der Waals surface area contributed by atoms with Crippen molar-refractivity contribution in [2.24, 2.45) is 0 Å². The van der Waals surface area contributed by atoms with Crippen molar-refractivity contribution in [1.29, 1.82) is 0 Å². The summed E-state index contributed by atoms with van der Waals surface area (Å²) in [5, 5.41) is 5.31. The Labute approximate surface area is 184 Å². The van der Waals surface area contributed by atoms with E-state index in [-0.39, 0.29) is 0 Å². The summed E-state index contributed by atoms with van der Waals surface area (Å²) < 4.78 is 18.0. The van der Waals surface area contributed by atoms with E-state index in [1.54, 1.807) is 0 Å². The lowest BCUT2D eigenvalue weighted by atomic mass is 9.85. The molecule has 0 radical (unpaired) electrons. The molecule has 0 saturated carbocycles. The van der Waals surface area contributed by atoms with Crippen LogP contribution in [0.5, 0.6) is 0 Å². The normalized spacial score (nSPS) is 17.8. The van der Waals surface area contributed by atoms with E-state index >= 15 is 0 Å². The fourth-order valence-electron chi connectivity index (χ4n) is 3.61. The Bertz CT molecular complexity index is 1020. The van der Waals surface area contributed by atoms with Gasteiger partial charge in [0, 0.05) is 5.69 Å². The minimum atomic E-state index is -1.34. The van der Waals surface area contributed by atoms with Gasteiger partial charge < -0.3 is 15.4 Å². The predicted molar refractivity (Wildman–Crippen MR) is 114 cm³/mol. The average Bonchev–Trinajstić information content (AvgIpc) is 3.03. The second-order valence-corrected chi connectivity index (χ2v) is 7.45. The monoisotopic (exact) mass is 441 g/mol. The molecule has 2 N–H and O–H groups in total. The molecule has 1 saturated heterocycles. The molecule has 0 spiro atoms. The SMILES string of the molecule is CCCCC1(c2ccc(F)cc2)NC(=O)N(CC(=O)Nc2ccc(C(=O)OC)cc2)C1=O. The maximum Gasteiger partial charge on any atom is 0.337 e. The van der Waals surface area contributed by atoms with E-state index in [1.807, 2.05) is 6.92 Å². The maximum atomic E-state index is 13.4. The quantitative estimate of drug-likeness (QED) is 0.484. The first-order valence-corrected chi connectivity index (χ1v) is 10.2. The summed E-state index contributed by atoms with van der Waals surface area (Å²) >= 11 is 0. The number of ether oxygens (including phenoxy) is 1. The van der Waals surface area contributed by atoms with Crippen LogP contribution in [-0.4, -0.2) is 42.4 Å². The van der Waals surface area contributed by atoms with Gasteiger partial charge in [0.15, 0.2) is 0 Å². The molecule has 0 bridgehead atoms. The van der Waals surface area contributed by atoms with E-state index in [0.29, 0.717) is 29.7 Å². The summed E-state index contributed by atoms with van der Waals surface area (Å²) in [7, 11) is 1.27. The van der Waals surface area contributed by atoms with Crippen molar-refractivity contribution in [1.82, 2.24) is 10.2 Å². The van der Waals surface area contributed by atoms with Crippen LogP contribution < -0.4 is 10.6 Å². The van der Waals surface area contributed by atoms with Crippen LogP contribution in [-0.2, 0) is 19.9 Å². The first kappa shape index (κ1) is 22.9. The van der Waals surface area contributed by atoms with Gasteiger partial charge in [0.05, 0.1) is 12.7 Å². The molecule has 0 aromatic heterocycles. The maximum absolute atomic E-state index is 13.4. The summed E-state index contributed by atoms with van der Waals surface area (Å²) in [5.41, 5.74) is -0.166. The fourth-order valence-corrected chi connectivity index (χ4v) is 3.61. The average molecular weight is 441 g/mol. The van der Waals surface area contributed by atoms with Gasteiger partial charge in [0.2, 0.25) is 5.91 Å². The van der Waals surface area contributed by atoms with Crippen LogP contribution in [0.3, 0.4) is 0 Å². The van der Waals surface area contributed by atoms with Crippen molar-refractivity contribution in [3.63, 3.8) is 0 Å². The molecule has 3 rings (SSSR count). The molecule has 2 aromatic carbocycles. The first-order chi connectivity index (χ1) is 15.3. The third-order valence-corrected chi connectivity index (χ3v) is 5.31. The van der Waals surface area contributed by atoms with Crippen LogP contribution in [0.2, 0.25) is 0 Å². The van der Waals surface area contributed by atoms with Crippen LogP contribution >= 0.6 is 0 Å². The number of amides is 4. The number of methoxy groups -OCH3 is 1. The number of hydrogen-bond donors (Lipinski definition) is 2. The van der Waals surface area contributed by atoms with E-state index in [2.05, 4.69) is 15.4 Å². The Kier molecular flexibility index (Phi) is 6.87. The van der Waals surface area contributed by atoms with Crippen LogP contribution in [0.1, 0.15) is 42.1 Å². The van der Waals surface area contributed by atoms with E-state index < -0.39 is 41.7 Å². The number of urea groups is 1. The van der Waals surface area contributed by atoms with E-state index in [1.165, 1.54) is 55.6 Å². The zero-order valence-corrected chi connectivity index (χ0v) is 17.8. The highest BCUT2D eigenvalue weighted by Gasteiger charge is 2.52. The Morgan fingerprint density at radius 3 is 2.34 bits per heavy atom. The van der Waals surface area contributed by atoms with Gasteiger partial charge in [0.1, 0.15) is 17.9 Å². The third-order valence-electron chi connectivity index (χ3n) is 5.31. The molecule has 9 heteroatoms. The minimum Gasteiger partial charge on any atom is -0.465 e. The second-order valence-electron chi connectivity index (χ2n) is 7.45. The van der Waals surface area contributed by atoms with Gasteiger partial charge in [-0.15, -0.1) is 0 Å². The number of carbonyl (C=O) groups excluding carboxylic acids is 4. The van der Waals surface area contributed by atoms with Crippen molar-refractivity contribution in [3.8, 4) is 0 Å². The van der Waals surface area contributed by atoms with Crippen LogP contribution in [0.15, 0.2) is 48.5 Å². The molecule has 2 aromatic rings. The molecule has 0 aliphatic carbocycles. The van der Waals surface area contributed by atoms with Crippen molar-refractivity contribution in [2.75, 3.05) is 19.0 Å². The topological polar surface area (TPSA) is 105 Å². The first-order valence-electron chi connectivity index (χ1n) is 10.2. The molecule has 1 heterocycles. The summed E-state index contributed by atoms with van der Waals surface area (Å²) in [6.45, 7) is 1.47. The van der Waals surface area contributed by atoms with Gasteiger partial charge in [0.25, 0.3) is 5.91 Å². The molecule has 1 fully saturated rings. The van der Waals surface area contributed by atoms with Gasteiger partial charge in [-0.2, -0.15) is 0 Å². The predicted octanol–water partition coefficient (Wildman–Crippen LogP) is 3.19. The number of hydrogen-bond acceptors (Lipinski definition) is 5. The van der Waals surface area contributed by atoms with E-state index in [4.69, 9.17) is 0 Å². The Morgan fingerprint density at radius 1 is 1.09 bits per heavy atom. The van der Waals surface area contributed by atoms with Crippen LogP contribution in [0, 0.1) is 5.82 Å². The molecule has 1 aliphatic rings. The number of nitrogens with zero attached hydrogens (tertiary/aromatic N) is 1. The Balaban J connectivity index is 1.75. The van der Waals surface area contributed by atoms with Crippen LogP contribution in [0.25, 0.3) is 0 Å². The highest BCUT2D eigenvalue weighted by Crippen LogP contribution is 2.34. The Hall–Kier alpha value is -3.75. The molecule has 4 amide bonds. The number of anilines is 1. The van der Waals surface area contributed by atoms with Gasteiger partial charge in [-0.25, -0.2) is 14.0 Å². The van der Waals surface area contributed by atoms with E-state index in [9.17, 15) is 23.6 Å². The smallest absolute Gasteiger partial charge is 0.337 e. The summed E-state index contributed by atoms with van der Waals surface area (Å²) in [4.78, 5) is 50.8. The van der Waals surface area contributed by atoms with Gasteiger partial charge >= 0.3 is 12.0 Å². The molecule has 1 aliphatic heterocycles. The summed E-state index contributed by atoms with van der Waals surface area (Å²) in [6.07, 6.45) is 1.76. The van der Waals surface area contributed by atoms with Crippen LogP contribution in [0.4, 0.5) is 14.9 Å². The van der Waals surface area contributed by atoms with Crippen molar-refractivity contribution in [3.05, 3.63) is 65.5 Å². The lowest BCUT2D eigenvalue weighted by Gasteiger charge is -2.27. The molecule has 168 valence electrons. The number of esters is 1. The number of imide groups is 1. The Morgan fingerprint density at radius 2 is 1.75 bits per heavy atom. The van der Waals surface area contributed by atoms with Gasteiger partial charge in [-0.1, -0.05) is 31.9 Å². The lowest BCUT2D eigenvalue weighted by Crippen LogP contribution is -2.44. The summed E-state index contributed by atoms with van der Waals surface area (Å²) in [6, 6.07) is 10.7. The molecule has 1 atom stereocenters. The number of benzene rings is 2. The van der Waals surface area contributed by atoms with Crippen molar-refractivity contribution in [2.45, 2.75) is 31.7 Å². The number of unbranched alkanes of at least 4 members (excludes halogenated alkanes) is 1. The van der Waals surface area contributed by atoms with Gasteiger partial charge in [-0.3, -0.25) is 14.5 Å². The van der Waals surface area contributed by atoms with E-state index in [0.717, 1.165) is 11.3 Å². The number of carbonyl (C=O) groups is 4.